The van der Waals surface area contributed by atoms with E-state index in [-0.39, 0.29) is 0 Å². The molecule has 1 rings (SSSR count). The minimum Gasteiger partial charge on any atom is -0.304 e. The van der Waals surface area contributed by atoms with Gasteiger partial charge in [-0.1, -0.05) is 13.3 Å². The van der Waals surface area contributed by atoms with E-state index in [2.05, 4.69) is 23.7 Å². The van der Waals surface area contributed by atoms with Crippen LogP contribution >= 0.6 is 11.9 Å². The largest absolute Gasteiger partial charge is 0.304 e. The summed E-state index contributed by atoms with van der Waals surface area (Å²) in [5.74, 6) is 0. The Kier molecular flexibility index (Phi) is 7.47. The summed E-state index contributed by atoms with van der Waals surface area (Å²) in [4.78, 5) is 2.52. The molecule has 0 bridgehead atoms. The van der Waals surface area contributed by atoms with Crippen molar-refractivity contribution in [2.75, 3.05) is 19.6 Å². The molecule has 0 aliphatic carbocycles. The smallest absolute Gasteiger partial charge is 0.0579 e. The normalized spacial score (nSPS) is 19.5. The van der Waals surface area contributed by atoms with Crippen LogP contribution in [0.15, 0.2) is 0 Å². The van der Waals surface area contributed by atoms with Gasteiger partial charge in [-0.05, 0) is 32.5 Å². The number of piperidine rings is 1. The molecule has 0 aromatic heterocycles. The molecule has 1 fully saturated rings. The maximum atomic E-state index is 6.47. The molecule has 0 saturated carbocycles. The highest BCUT2D eigenvalue weighted by Gasteiger charge is 2.05. The first-order valence-electron chi connectivity index (χ1n) is 3.82. The molecule has 0 unspecified atom stereocenters. The van der Waals surface area contributed by atoms with Gasteiger partial charge in [0.1, 0.15) is 0 Å². The summed E-state index contributed by atoms with van der Waals surface area (Å²) in [6.07, 6.45) is 4.30. The summed E-state index contributed by atoms with van der Waals surface area (Å²) in [5, 5.41) is 0. The van der Waals surface area contributed by atoms with E-state index in [9.17, 15) is 0 Å². The van der Waals surface area contributed by atoms with Gasteiger partial charge >= 0.3 is 0 Å². The number of halogens is 1. The fraction of sp³-hybridized carbons (Fsp3) is 1.00. The zero-order chi connectivity index (χ0) is 7.82. The van der Waals surface area contributed by atoms with Crippen LogP contribution in [0.1, 0.15) is 26.2 Å². The summed E-state index contributed by atoms with van der Waals surface area (Å²) < 4.78 is 6.47. The number of nitrogens with zero attached hydrogens (tertiary/aromatic N) is 1. The lowest BCUT2D eigenvalue weighted by molar-refractivity contribution is 0.240. The number of hydrogen-bond acceptors (Lipinski definition) is 2. The van der Waals surface area contributed by atoms with Crippen molar-refractivity contribution in [2.45, 2.75) is 26.2 Å². The van der Waals surface area contributed by atoms with E-state index >= 15 is 0 Å². The molecular formula is C7H16ClNO. The van der Waals surface area contributed by atoms with E-state index < -0.39 is 0 Å². The van der Waals surface area contributed by atoms with Gasteiger partial charge in [0.25, 0.3) is 0 Å². The molecule has 10 heavy (non-hydrogen) atoms. The maximum Gasteiger partial charge on any atom is 0.0579 e. The molecule has 2 nitrogen and oxygen atoms in total. The lowest BCUT2D eigenvalue weighted by atomic mass is 10.1. The van der Waals surface area contributed by atoms with Gasteiger partial charge in [0.05, 0.1) is 11.9 Å². The van der Waals surface area contributed by atoms with Crippen LogP contribution in [0.5, 0.6) is 0 Å². The average molecular weight is 166 g/mol. The van der Waals surface area contributed by atoms with Crippen LogP contribution in [0.3, 0.4) is 0 Å². The minimum atomic E-state index is 1.25. The Hall–Kier alpha value is 0.210. The van der Waals surface area contributed by atoms with Crippen molar-refractivity contribution >= 4 is 11.9 Å². The first-order valence-corrected chi connectivity index (χ1v) is 4.16. The van der Waals surface area contributed by atoms with Crippen LogP contribution in [-0.2, 0) is 0 Å². The molecule has 62 valence electrons. The van der Waals surface area contributed by atoms with E-state index in [1.807, 2.05) is 0 Å². The molecule has 0 spiro atoms. The molecule has 1 saturated heterocycles. The molecule has 1 aliphatic rings. The maximum absolute atomic E-state index is 6.47. The number of hydrogen-bond donors (Lipinski definition) is 1. The van der Waals surface area contributed by atoms with Crippen molar-refractivity contribution in [3.05, 3.63) is 0 Å². The van der Waals surface area contributed by atoms with Gasteiger partial charge in [-0.2, -0.15) is 0 Å². The molecule has 0 amide bonds. The average Bonchev–Trinajstić information content (AvgIpc) is 2.10. The summed E-state index contributed by atoms with van der Waals surface area (Å²) in [5.41, 5.74) is 0. The fourth-order valence-electron chi connectivity index (χ4n) is 1.28. The topological polar surface area (TPSA) is 23.5 Å². The highest BCUT2D eigenvalue weighted by Crippen LogP contribution is 2.06. The molecule has 3 heteroatoms. The second kappa shape index (κ2) is 7.32. The molecule has 0 aromatic carbocycles. The van der Waals surface area contributed by atoms with Crippen LogP contribution in [0, 0.1) is 0 Å². The van der Waals surface area contributed by atoms with E-state index in [0.29, 0.717) is 0 Å². The van der Waals surface area contributed by atoms with Gasteiger partial charge in [-0.15, -0.1) is 0 Å². The summed E-state index contributed by atoms with van der Waals surface area (Å²) in [6, 6.07) is 0. The molecule has 0 aromatic rings. The van der Waals surface area contributed by atoms with Crippen molar-refractivity contribution in [1.29, 1.82) is 0 Å². The van der Waals surface area contributed by atoms with Crippen LogP contribution < -0.4 is 0 Å². The van der Waals surface area contributed by atoms with Gasteiger partial charge in [-0.25, -0.2) is 0 Å². The molecule has 0 atom stereocenters. The van der Waals surface area contributed by atoms with Crippen molar-refractivity contribution in [3.8, 4) is 0 Å². The van der Waals surface area contributed by atoms with Crippen LogP contribution in [-0.4, -0.2) is 29.2 Å². The van der Waals surface area contributed by atoms with Gasteiger partial charge in [0.2, 0.25) is 0 Å². The first-order chi connectivity index (χ1) is 4.93. The Morgan fingerprint density at radius 1 is 1.20 bits per heavy atom. The van der Waals surface area contributed by atoms with E-state index in [0.717, 1.165) is 0 Å². The van der Waals surface area contributed by atoms with Crippen molar-refractivity contribution < 1.29 is 4.66 Å². The zero-order valence-corrected chi connectivity index (χ0v) is 7.27. The SMILES string of the molecule is CCN1CCCCC1.OCl. The lowest BCUT2D eigenvalue weighted by Gasteiger charge is -2.24. The number of likely N-dealkylation sites (tertiary alicyclic amines) is 1. The van der Waals surface area contributed by atoms with Gasteiger partial charge in [0, 0.05) is 0 Å². The molecule has 1 aliphatic heterocycles. The van der Waals surface area contributed by atoms with Crippen LogP contribution in [0.25, 0.3) is 0 Å². The first kappa shape index (κ1) is 10.2. The lowest BCUT2D eigenvalue weighted by Crippen LogP contribution is -2.29. The highest BCUT2D eigenvalue weighted by molar-refractivity contribution is 6.04. The number of rotatable bonds is 1. The van der Waals surface area contributed by atoms with E-state index in [4.69, 9.17) is 4.66 Å². The summed E-state index contributed by atoms with van der Waals surface area (Å²) >= 11 is 3.64. The predicted molar refractivity (Wildman–Crippen MR) is 44.0 cm³/mol. The summed E-state index contributed by atoms with van der Waals surface area (Å²) in [7, 11) is 0. The Morgan fingerprint density at radius 2 is 1.70 bits per heavy atom. The Balaban J connectivity index is 0.000000371. The van der Waals surface area contributed by atoms with Crippen molar-refractivity contribution in [3.63, 3.8) is 0 Å². The summed E-state index contributed by atoms with van der Waals surface area (Å²) in [6.45, 7) is 6.18. The third-order valence-corrected chi connectivity index (χ3v) is 1.90. The second-order valence-corrected chi connectivity index (χ2v) is 2.49. The van der Waals surface area contributed by atoms with Crippen molar-refractivity contribution in [2.24, 2.45) is 0 Å². The highest BCUT2D eigenvalue weighted by atomic mass is 35.5. The second-order valence-electron chi connectivity index (χ2n) is 2.49. The fourth-order valence-corrected chi connectivity index (χ4v) is 1.28. The molecule has 1 N–H and O–H groups in total. The quantitative estimate of drug-likeness (QED) is 0.639. The Labute approximate surface area is 68.0 Å². The zero-order valence-electron chi connectivity index (χ0n) is 6.52. The predicted octanol–water partition coefficient (Wildman–Crippen LogP) is 1.62. The Bertz CT molecular complexity index is 64.6. The van der Waals surface area contributed by atoms with Crippen molar-refractivity contribution in [1.82, 2.24) is 4.90 Å². The van der Waals surface area contributed by atoms with E-state index in [1.165, 1.54) is 38.9 Å². The minimum absolute atomic E-state index is 1.25. The van der Waals surface area contributed by atoms with Crippen LogP contribution in [0.2, 0.25) is 0 Å². The van der Waals surface area contributed by atoms with Gasteiger partial charge in [0.15, 0.2) is 0 Å². The standard InChI is InChI=1S/C7H15N.ClHO/c1-2-8-6-4-3-5-7-8;1-2/h2-7H2,1H3;2H. The third kappa shape index (κ3) is 4.09. The molecule has 0 radical (unpaired) electrons. The van der Waals surface area contributed by atoms with Crippen LogP contribution in [0.4, 0.5) is 0 Å². The third-order valence-electron chi connectivity index (χ3n) is 1.90. The van der Waals surface area contributed by atoms with E-state index in [1.54, 1.807) is 0 Å². The molecular weight excluding hydrogens is 150 g/mol. The molecule has 1 heterocycles. The van der Waals surface area contributed by atoms with Gasteiger partial charge in [-0.3, -0.25) is 4.66 Å². The Morgan fingerprint density at radius 3 is 2.00 bits per heavy atom. The van der Waals surface area contributed by atoms with Gasteiger partial charge < -0.3 is 4.90 Å². The monoisotopic (exact) mass is 165 g/mol.